The number of hydrogen-bond donors (Lipinski definition) is 1. The van der Waals surface area contributed by atoms with Crippen LogP contribution >= 0.6 is 27.5 Å². The second-order valence-corrected chi connectivity index (χ2v) is 5.88. The summed E-state index contributed by atoms with van der Waals surface area (Å²) in [5.74, 6) is -0.472. The molecule has 1 aliphatic rings. The smallest absolute Gasteiger partial charge is 0.255 e. The molecule has 0 bridgehead atoms. The Morgan fingerprint density at radius 3 is 2.53 bits per heavy atom. The summed E-state index contributed by atoms with van der Waals surface area (Å²) in [7, 11) is 0. The average molecular weight is 346 g/mol. The van der Waals surface area contributed by atoms with Crippen molar-refractivity contribution in [2.45, 2.75) is 12.8 Å². The summed E-state index contributed by atoms with van der Waals surface area (Å²) in [6, 6.07) is 5.13. The maximum atomic E-state index is 12.4. The molecule has 102 valence electrons. The summed E-state index contributed by atoms with van der Waals surface area (Å²) < 4.78 is 0.721. The Balaban J connectivity index is 2.09. The van der Waals surface area contributed by atoms with Gasteiger partial charge in [0.1, 0.15) is 0 Å². The third-order valence-electron chi connectivity index (χ3n) is 3.34. The summed E-state index contributed by atoms with van der Waals surface area (Å²) in [6.45, 7) is 1.09. The number of primary amides is 1. The van der Waals surface area contributed by atoms with Crippen LogP contribution in [0.5, 0.6) is 0 Å². The molecule has 0 aliphatic carbocycles. The van der Waals surface area contributed by atoms with Crippen LogP contribution in [0.1, 0.15) is 23.2 Å². The fourth-order valence-corrected chi connectivity index (χ4v) is 2.79. The van der Waals surface area contributed by atoms with E-state index in [1.807, 2.05) is 0 Å². The molecule has 2 amide bonds. The van der Waals surface area contributed by atoms with Crippen LogP contribution < -0.4 is 5.73 Å². The lowest BCUT2D eigenvalue weighted by molar-refractivity contribution is -0.123. The van der Waals surface area contributed by atoms with E-state index in [0.29, 0.717) is 36.5 Å². The number of piperidine rings is 1. The third-order valence-corrected chi connectivity index (χ3v) is 4.27. The monoisotopic (exact) mass is 344 g/mol. The summed E-state index contributed by atoms with van der Waals surface area (Å²) in [6.07, 6.45) is 1.25. The van der Waals surface area contributed by atoms with Gasteiger partial charge in [-0.3, -0.25) is 9.59 Å². The van der Waals surface area contributed by atoms with Gasteiger partial charge in [0.15, 0.2) is 0 Å². The maximum Gasteiger partial charge on any atom is 0.255 e. The lowest BCUT2D eigenvalue weighted by atomic mass is 9.96. The van der Waals surface area contributed by atoms with Crippen molar-refractivity contribution in [3.8, 4) is 0 Å². The highest BCUT2D eigenvalue weighted by molar-refractivity contribution is 9.10. The van der Waals surface area contributed by atoms with Crippen LogP contribution in [0.2, 0.25) is 5.02 Å². The van der Waals surface area contributed by atoms with E-state index in [1.165, 1.54) is 0 Å². The van der Waals surface area contributed by atoms with Crippen LogP contribution in [0.25, 0.3) is 0 Å². The number of hydrogen-bond acceptors (Lipinski definition) is 2. The van der Waals surface area contributed by atoms with Crippen molar-refractivity contribution in [2.24, 2.45) is 11.7 Å². The highest BCUT2D eigenvalue weighted by Crippen LogP contribution is 2.25. The predicted molar refractivity (Wildman–Crippen MR) is 77.0 cm³/mol. The fourth-order valence-electron chi connectivity index (χ4n) is 2.20. The molecule has 1 heterocycles. The number of amides is 2. The van der Waals surface area contributed by atoms with Gasteiger partial charge in [-0.1, -0.05) is 11.6 Å². The first kappa shape index (κ1) is 14.3. The zero-order valence-corrected chi connectivity index (χ0v) is 12.6. The van der Waals surface area contributed by atoms with Crippen LogP contribution in [-0.2, 0) is 4.79 Å². The van der Waals surface area contributed by atoms with E-state index >= 15 is 0 Å². The summed E-state index contributed by atoms with van der Waals surface area (Å²) >= 11 is 9.26. The molecule has 1 aromatic rings. The largest absolute Gasteiger partial charge is 0.369 e. The van der Waals surface area contributed by atoms with Gasteiger partial charge in [-0.2, -0.15) is 0 Å². The number of likely N-dealkylation sites (tertiary alicyclic amines) is 1. The number of carbonyl (C=O) groups excluding carboxylic acids is 2. The minimum absolute atomic E-state index is 0.0719. The summed E-state index contributed by atoms with van der Waals surface area (Å²) in [4.78, 5) is 25.2. The zero-order chi connectivity index (χ0) is 14.0. The van der Waals surface area contributed by atoms with Crippen molar-refractivity contribution in [1.82, 2.24) is 4.90 Å². The van der Waals surface area contributed by atoms with Gasteiger partial charge in [0.25, 0.3) is 5.91 Å². The van der Waals surface area contributed by atoms with Gasteiger partial charge in [-0.25, -0.2) is 0 Å². The highest BCUT2D eigenvalue weighted by atomic mass is 79.9. The van der Waals surface area contributed by atoms with Crippen molar-refractivity contribution in [2.75, 3.05) is 13.1 Å². The van der Waals surface area contributed by atoms with Gasteiger partial charge >= 0.3 is 0 Å². The number of carbonyl (C=O) groups is 2. The van der Waals surface area contributed by atoms with Crippen LogP contribution in [-0.4, -0.2) is 29.8 Å². The summed E-state index contributed by atoms with van der Waals surface area (Å²) in [5, 5.41) is 0.526. The fraction of sp³-hybridized carbons (Fsp3) is 0.385. The molecule has 0 spiro atoms. The van der Waals surface area contributed by atoms with Crippen molar-refractivity contribution >= 4 is 39.3 Å². The Kier molecular flexibility index (Phi) is 4.47. The second-order valence-electron chi connectivity index (χ2n) is 4.59. The molecule has 1 aliphatic heterocycles. The molecule has 4 nitrogen and oxygen atoms in total. The van der Waals surface area contributed by atoms with E-state index in [-0.39, 0.29) is 17.7 Å². The lowest BCUT2D eigenvalue weighted by Crippen LogP contribution is -2.41. The predicted octanol–water partition coefficient (Wildman–Crippen LogP) is 2.44. The number of benzene rings is 1. The van der Waals surface area contributed by atoms with E-state index in [1.54, 1.807) is 23.1 Å². The lowest BCUT2D eigenvalue weighted by Gasteiger charge is -2.30. The topological polar surface area (TPSA) is 63.4 Å². The molecule has 0 radical (unpaired) electrons. The molecular formula is C13H14BrClN2O2. The molecule has 1 fully saturated rings. The molecule has 6 heteroatoms. The van der Waals surface area contributed by atoms with E-state index in [9.17, 15) is 9.59 Å². The first-order chi connectivity index (χ1) is 8.99. The molecule has 1 saturated heterocycles. The Hall–Kier alpha value is -1.07. The van der Waals surface area contributed by atoms with E-state index in [2.05, 4.69) is 15.9 Å². The average Bonchev–Trinajstić information content (AvgIpc) is 2.41. The Morgan fingerprint density at radius 1 is 1.32 bits per heavy atom. The van der Waals surface area contributed by atoms with Crippen LogP contribution in [0.4, 0.5) is 0 Å². The standard InChI is InChI=1S/C13H14BrClN2O2/c14-11-2-1-9(15)7-10(11)13(19)17-5-3-8(4-6-17)12(16)18/h1-2,7-8H,3-6H2,(H2,16,18). The van der Waals surface area contributed by atoms with Crippen LogP contribution in [0, 0.1) is 5.92 Å². The normalized spacial score (nSPS) is 16.4. The molecule has 19 heavy (non-hydrogen) atoms. The third kappa shape index (κ3) is 3.28. The van der Waals surface area contributed by atoms with Crippen molar-refractivity contribution in [3.05, 3.63) is 33.3 Å². The van der Waals surface area contributed by atoms with E-state index in [4.69, 9.17) is 17.3 Å². The molecule has 2 N–H and O–H groups in total. The number of nitrogens with two attached hydrogens (primary N) is 1. The van der Waals surface area contributed by atoms with E-state index in [0.717, 1.165) is 4.47 Å². The van der Waals surface area contributed by atoms with Gasteiger partial charge in [0, 0.05) is 28.5 Å². The first-order valence-electron chi connectivity index (χ1n) is 6.02. The van der Waals surface area contributed by atoms with Crippen molar-refractivity contribution in [1.29, 1.82) is 0 Å². The second kappa shape index (κ2) is 5.92. The minimum atomic E-state index is -0.281. The SMILES string of the molecule is NC(=O)C1CCN(C(=O)c2cc(Cl)ccc2Br)CC1. The highest BCUT2D eigenvalue weighted by Gasteiger charge is 2.27. The first-order valence-corrected chi connectivity index (χ1v) is 7.20. The minimum Gasteiger partial charge on any atom is -0.369 e. The molecule has 0 atom stereocenters. The molecule has 1 aromatic carbocycles. The van der Waals surface area contributed by atoms with Gasteiger partial charge in [0.05, 0.1) is 5.56 Å². The Bertz CT molecular complexity index is 513. The van der Waals surface area contributed by atoms with Crippen LogP contribution in [0.3, 0.4) is 0 Å². The molecule has 2 rings (SSSR count). The molecule has 0 aromatic heterocycles. The maximum absolute atomic E-state index is 12.4. The summed E-state index contributed by atoms with van der Waals surface area (Å²) in [5.41, 5.74) is 5.82. The quantitative estimate of drug-likeness (QED) is 0.895. The van der Waals surface area contributed by atoms with Crippen LogP contribution in [0.15, 0.2) is 22.7 Å². The molecular weight excluding hydrogens is 332 g/mol. The van der Waals surface area contributed by atoms with Gasteiger partial charge in [0.2, 0.25) is 5.91 Å². The van der Waals surface area contributed by atoms with Gasteiger partial charge in [-0.15, -0.1) is 0 Å². The van der Waals surface area contributed by atoms with Gasteiger partial charge < -0.3 is 10.6 Å². The molecule has 0 saturated carbocycles. The van der Waals surface area contributed by atoms with Crippen molar-refractivity contribution < 1.29 is 9.59 Å². The molecule has 0 unspecified atom stereocenters. The Labute approximate surface area is 125 Å². The number of nitrogens with zero attached hydrogens (tertiary/aromatic N) is 1. The zero-order valence-electron chi connectivity index (χ0n) is 10.2. The van der Waals surface area contributed by atoms with E-state index < -0.39 is 0 Å². The number of rotatable bonds is 2. The van der Waals surface area contributed by atoms with Crippen molar-refractivity contribution in [3.63, 3.8) is 0 Å². The number of halogens is 2. The van der Waals surface area contributed by atoms with Gasteiger partial charge in [-0.05, 0) is 47.0 Å². The Morgan fingerprint density at radius 2 is 1.95 bits per heavy atom.